The molecule has 0 bridgehead atoms. The Balaban J connectivity index is 1.40. The number of fused-ring (bicyclic) bond motifs is 1. The minimum absolute atomic E-state index is 0.00681. The van der Waals surface area contributed by atoms with Gasteiger partial charge in [-0.05, 0) is 66.2 Å². The molecule has 2 aromatic carbocycles. The summed E-state index contributed by atoms with van der Waals surface area (Å²) in [7, 11) is 0. The molecule has 2 fully saturated rings. The number of piperidine rings is 1. The van der Waals surface area contributed by atoms with E-state index < -0.39 is 35.1 Å². The molecule has 3 heterocycles. The van der Waals surface area contributed by atoms with Crippen LogP contribution in [0.15, 0.2) is 47.5 Å². The Hall–Kier alpha value is -2.89. The molecule has 5 rings (SSSR count). The molecule has 1 N–H and O–H groups in total. The summed E-state index contributed by atoms with van der Waals surface area (Å²) in [6.07, 6.45) is -2.47. The van der Waals surface area contributed by atoms with Crippen molar-refractivity contribution >= 4 is 51.5 Å². The van der Waals surface area contributed by atoms with Crippen molar-refractivity contribution in [3.63, 3.8) is 0 Å². The third-order valence-electron chi connectivity index (χ3n) is 6.19. The smallest absolute Gasteiger partial charge is 0.314 e. The fourth-order valence-corrected chi connectivity index (χ4v) is 5.51. The number of carbonyl (C=O) groups excluding carboxylic acids is 2. The average molecular weight is 539 g/mol. The Bertz CT molecular complexity index is 1390. The van der Waals surface area contributed by atoms with Gasteiger partial charge in [-0.25, -0.2) is 4.39 Å². The zero-order valence-electron chi connectivity index (χ0n) is 18.6. The summed E-state index contributed by atoms with van der Waals surface area (Å²) in [6, 6.07) is 7.92. The second-order valence-electron chi connectivity index (χ2n) is 8.55. The maximum absolute atomic E-state index is 14.3. The van der Waals surface area contributed by atoms with Crippen molar-refractivity contribution in [1.29, 1.82) is 0 Å². The minimum atomic E-state index is -4.56. The Morgan fingerprint density at radius 2 is 2.00 bits per heavy atom. The van der Waals surface area contributed by atoms with Crippen molar-refractivity contribution in [3.8, 4) is 0 Å². The molecule has 0 spiro atoms. The van der Waals surface area contributed by atoms with E-state index in [-0.39, 0.29) is 28.6 Å². The topological polar surface area (TPSA) is 67.2 Å². The molecule has 0 radical (unpaired) electrons. The third-order valence-corrected chi connectivity index (χ3v) is 7.31. The molecule has 12 heteroatoms. The van der Waals surface area contributed by atoms with E-state index in [1.807, 2.05) is 0 Å². The van der Waals surface area contributed by atoms with Crippen molar-refractivity contribution in [1.82, 2.24) is 20.0 Å². The highest BCUT2D eigenvalue weighted by molar-refractivity contribution is 8.18. The summed E-state index contributed by atoms with van der Waals surface area (Å²) in [5, 5.41) is 7.27. The van der Waals surface area contributed by atoms with E-state index in [9.17, 15) is 27.2 Å². The molecule has 1 aromatic heterocycles. The highest BCUT2D eigenvalue weighted by atomic mass is 35.5. The quantitative estimate of drug-likeness (QED) is 0.351. The highest BCUT2D eigenvalue weighted by Crippen LogP contribution is 2.37. The largest absolute Gasteiger partial charge is 0.416 e. The number of aromatic nitrogens is 2. The summed E-state index contributed by atoms with van der Waals surface area (Å²) in [4.78, 5) is 26.6. The van der Waals surface area contributed by atoms with Crippen molar-refractivity contribution < 1.29 is 27.2 Å². The fraction of sp³-hybridized carbons (Fsp3) is 0.292. The molecular formula is C24H19ClF4N4O2S. The van der Waals surface area contributed by atoms with Crippen LogP contribution in [0.4, 0.5) is 22.4 Å². The van der Waals surface area contributed by atoms with Gasteiger partial charge < -0.3 is 5.32 Å². The van der Waals surface area contributed by atoms with Gasteiger partial charge in [-0.1, -0.05) is 23.7 Å². The van der Waals surface area contributed by atoms with Crippen LogP contribution in [0.2, 0.25) is 5.02 Å². The predicted octanol–water partition coefficient (Wildman–Crippen LogP) is 5.49. The van der Waals surface area contributed by atoms with Gasteiger partial charge in [0.25, 0.3) is 11.1 Å². The first-order valence-electron chi connectivity index (χ1n) is 11.0. The van der Waals surface area contributed by atoms with E-state index in [1.54, 1.807) is 24.3 Å². The highest BCUT2D eigenvalue weighted by Gasteiger charge is 2.43. The number of benzene rings is 2. The number of nitrogens with zero attached hydrogens (tertiary/aromatic N) is 3. The zero-order chi connectivity index (χ0) is 25.6. The van der Waals surface area contributed by atoms with E-state index in [2.05, 4.69) is 10.4 Å². The van der Waals surface area contributed by atoms with Gasteiger partial charge in [0, 0.05) is 17.0 Å². The van der Waals surface area contributed by atoms with Gasteiger partial charge >= 0.3 is 6.18 Å². The molecule has 2 aliphatic heterocycles. The average Bonchev–Trinajstić information content (AvgIpc) is 3.34. The Morgan fingerprint density at radius 3 is 2.75 bits per heavy atom. The molecule has 3 aromatic rings. The minimum Gasteiger partial charge on any atom is -0.314 e. The van der Waals surface area contributed by atoms with Gasteiger partial charge in [0.15, 0.2) is 0 Å². The van der Waals surface area contributed by atoms with Gasteiger partial charge in [0.05, 0.1) is 34.8 Å². The molecule has 0 unspecified atom stereocenters. The van der Waals surface area contributed by atoms with Crippen molar-refractivity contribution in [3.05, 3.63) is 69.2 Å². The molecule has 2 amide bonds. The van der Waals surface area contributed by atoms with E-state index >= 15 is 0 Å². The zero-order valence-corrected chi connectivity index (χ0v) is 20.1. The standard InChI is InChI=1S/C24H19ClF4N4O2S/c25-16-3-2-14(17(9-16)24(27,28)29)12-32-19-4-1-13(7-15(19)10-31-32)8-21-22(34)33(23(35)36-21)20-5-6-30-11-18(20)26/h1-4,7-10,18,20,30H,5-6,11-12H2/b21-8-/t18-,20-/m0/s1. The SMILES string of the molecule is O=C1S/C(=C\c2ccc3c(cnn3Cc3ccc(Cl)cc3C(F)(F)F)c2)C(=O)N1[C@H]1CCNC[C@@H]1F. The first-order valence-corrected chi connectivity index (χ1v) is 12.2. The van der Waals surface area contributed by atoms with E-state index in [0.29, 0.717) is 29.4 Å². The van der Waals surface area contributed by atoms with Crippen LogP contribution in [0.25, 0.3) is 17.0 Å². The number of thioether (sulfide) groups is 1. The normalized spacial score (nSPS) is 22.2. The molecule has 0 saturated carbocycles. The lowest BCUT2D eigenvalue weighted by Gasteiger charge is -2.32. The Kier molecular flexibility index (Phi) is 6.56. The third kappa shape index (κ3) is 4.74. The summed E-state index contributed by atoms with van der Waals surface area (Å²) < 4.78 is 56.2. The molecule has 6 nitrogen and oxygen atoms in total. The van der Waals surface area contributed by atoms with Crippen LogP contribution in [0.1, 0.15) is 23.1 Å². The van der Waals surface area contributed by atoms with Crippen molar-refractivity contribution in [2.75, 3.05) is 13.1 Å². The Morgan fingerprint density at radius 1 is 1.19 bits per heavy atom. The van der Waals surface area contributed by atoms with Gasteiger partial charge in [0.1, 0.15) is 6.17 Å². The van der Waals surface area contributed by atoms with Crippen molar-refractivity contribution in [2.45, 2.75) is 31.4 Å². The lowest BCUT2D eigenvalue weighted by molar-refractivity contribution is -0.138. The number of halogens is 5. The maximum atomic E-state index is 14.3. The molecule has 2 atom stereocenters. The molecule has 188 valence electrons. The predicted molar refractivity (Wildman–Crippen MR) is 129 cm³/mol. The van der Waals surface area contributed by atoms with Gasteiger partial charge in [-0.2, -0.15) is 18.3 Å². The summed E-state index contributed by atoms with van der Waals surface area (Å²) in [5.74, 6) is -0.530. The van der Waals surface area contributed by atoms with Crippen LogP contribution >= 0.6 is 23.4 Å². The van der Waals surface area contributed by atoms with E-state index in [4.69, 9.17) is 11.6 Å². The molecular weight excluding hydrogens is 520 g/mol. The van der Waals surface area contributed by atoms with Crippen LogP contribution in [0, 0.1) is 0 Å². The fourth-order valence-electron chi connectivity index (χ4n) is 4.45. The van der Waals surface area contributed by atoms with E-state index in [1.165, 1.54) is 23.0 Å². The molecule has 0 aliphatic carbocycles. The molecule has 36 heavy (non-hydrogen) atoms. The number of alkyl halides is 4. The summed E-state index contributed by atoms with van der Waals surface area (Å²) >= 11 is 6.53. The monoisotopic (exact) mass is 538 g/mol. The van der Waals surface area contributed by atoms with Crippen LogP contribution in [-0.2, 0) is 17.5 Å². The first kappa shape index (κ1) is 24.8. The second-order valence-corrected chi connectivity index (χ2v) is 9.98. The van der Waals surface area contributed by atoms with Gasteiger partial charge in [-0.15, -0.1) is 0 Å². The number of hydrogen-bond acceptors (Lipinski definition) is 5. The number of rotatable bonds is 4. The van der Waals surface area contributed by atoms with Crippen LogP contribution in [0.3, 0.4) is 0 Å². The number of amides is 2. The molecule has 2 saturated heterocycles. The number of hydrogen-bond donors (Lipinski definition) is 1. The Labute approximate surface area is 212 Å². The van der Waals surface area contributed by atoms with E-state index in [0.717, 1.165) is 22.7 Å². The van der Waals surface area contributed by atoms with Crippen LogP contribution in [-0.4, -0.2) is 51.1 Å². The number of carbonyl (C=O) groups is 2. The van der Waals surface area contributed by atoms with Crippen molar-refractivity contribution in [2.24, 2.45) is 0 Å². The lowest BCUT2D eigenvalue weighted by atomic mass is 10.0. The summed E-state index contributed by atoms with van der Waals surface area (Å²) in [6.45, 7) is 0.494. The molecule has 2 aliphatic rings. The van der Waals surface area contributed by atoms with Gasteiger partial charge in [-0.3, -0.25) is 19.2 Å². The lowest BCUT2D eigenvalue weighted by Crippen LogP contribution is -2.52. The second kappa shape index (κ2) is 9.53. The summed E-state index contributed by atoms with van der Waals surface area (Å²) in [5.41, 5.74) is 0.407. The first-order chi connectivity index (χ1) is 17.1. The number of imide groups is 1. The van der Waals surface area contributed by atoms with Gasteiger partial charge in [0.2, 0.25) is 0 Å². The maximum Gasteiger partial charge on any atom is 0.416 e. The number of nitrogens with one attached hydrogen (secondary N) is 1. The van der Waals surface area contributed by atoms with Crippen LogP contribution in [0.5, 0.6) is 0 Å². The van der Waals surface area contributed by atoms with Crippen LogP contribution < -0.4 is 5.32 Å².